The first-order valence-corrected chi connectivity index (χ1v) is 11.2. The Morgan fingerprint density at radius 1 is 1.22 bits per heavy atom. The number of carbonyl (C=O) groups is 1. The number of hydrogen-bond acceptors (Lipinski definition) is 6. The van der Waals surface area contributed by atoms with Gasteiger partial charge in [-0.1, -0.05) is 0 Å². The van der Waals surface area contributed by atoms with Gasteiger partial charge >= 0.3 is 6.18 Å². The van der Waals surface area contributed by atoms with Crippen molar-refractivity contribution in [2.45, 2.75) is 37.1 Å². The van der Waals surface area contributed by atoms with E-state index in [2.05, 4.69) is 4.98 Å². The second-order valence-electron chi connectivity index (χ2n) is 9.11. The summed E-state index contributed by atoms with van der Waals surface area (Å²) in [5.74, 6) is -2.56. The van der Waals surface area contributed by atoms with Crippen LogP contribution in [0.3, 0.4) is 0 Å². The van der Waals surface area contributed by atoms with Gasteiger partial charge in [0.25, 0.3) is 11.8 Å². The highest BCUT2D eigenvalue weighted by molar-refractivity contribution is 5.92. The van der Waals surface area contributed by atoms with Crippen LogP contribution in [0.5, 0.6) is 11.6 Å². The van der Waals surface area contributed by atoms with E-state index in [-0.39, 0.29) is 55.2 Å². The number of likely N-dealkylation sites (tertiary alicyclic amines) is 1. The lowest BCUT2D eigenvalue weighted by molar-refractivity contribution is -0.194. The second kappa shape index (κ2) is 8.84. The molecule has 2 aromatic rings. The van der Waals surface area contributed by atoms with Gasteiger partial charge in [-0.3, -0.25) is 4.79 Å². The minimum atomic E-state index is -4.40. The summed E-state index contributed by atoms with van der Waals surface area (Å²) in [6.07, 6.45) is -5.60. The van der Waals surface area contributed by atoms with E-state index in [0.717, 1.165) is 12.1 Å². The van der Waals surface area contributed by atoms with E-state index in [9.17, 15) is 26.7 Å². The average molecular weight is 516 g/mol. The normalized spacial score (nSPS) is 27.1. The molecule has 0 N–H and O–H groups in total. The van der Waals surface area contributed by atoms with Crippen molar-refractivity contribution in [1.82, 2.24) is 9.88 Å². The maximum atomic E-state index is 14.0. The lowest BCUT2D eigenvalue weighted by atomic mass is 9.82. The fourth-order valence-corrected chi connectivity index (χ4v) is 4.52. The molecule has 1 aromatic carbocycles. The monoisotopic (exact) mass is 516 g/mol. The first-order chi connectivity index (χ1) is 17.8. The number of amides is 1. The molecule has 7 nitrogen and oxygen atoms in total. The van der Waals surface area contributed by atoms with E-state index < -0.39 is 54.2 Å². The van der Waals surface area contributed by atoms with E-state index in [1.54, 1.807) is 0 Å². The number of alkyl halides is 3. The number of aromatic nitrogens is 1. The predicted molar refractivity (Wildman–Crippen MR) is 113 cm³/mol. The SMILES string of the molecule is [2H]C1([2H])OC2CN(C(=O)c3ccc(OCC4(C(F)(F)F)CC4)c(OC)n3)CCC2(c2cc(F)cc(F)c2)O1. The average Bonchev–Trinajstić information content (AvgIpc) is 3.58. The van der Waals surface area contributed by atoms with Crippen LogP contribution in [0.1, 0.15) is 38.1 Å². The smallest absolute Gasteiger partial charge is 0.397 e. The fraction of sp³-hybridized carbons (Fsp3) is 0.500. The summed E-state index contributed by atoms with van der Waals surface area (Å²) < 4.78 is 105. The van der Waals surface area contributed by atoms with Crippen LogP contribution in [0.2, 0.25) is 0 Å². The van der Waals surface area contributed by atoms with Gasteiger partial charge in [0.05, 0.1) is 16.4 Å². The second-order valence-corrected chi connectivity index (χ2v) is 9.11. The number of carbonyl (C=O) groups excluding carboxylic acids is 1. The summed E-state index contributed by atoms with van der Waals surface area (Å²) in [5.41, 5.74) is -3.49. The van der Waals surface area contributed by atoms with Crippen LogP contribution in [0.15, 0.2) is 30.3 Å². The van der Waals surface area contributed by atoms with Crippen molar-refractivity contribution in [3.63, 3.8) is 0 Å². The van der Waals surface area contributed by atoms with Crippen molar-refractivity contribution in [2.24, 2.45) is 5.41 Å². The summed E-state index contributed by atoms with van der Waals surface area (Å²) in [5, 5.41) is 0. The molecule has 1 saturated carbocycles. The molecule has 194 valence electrons. The topological polar surface area (TPSA) is 70.1 Å². The van der Waals surface area contributed by atoms with Gasteiger partial charge < -0.3 is 23.8 Å². The molecule has 2 atom stereocenters. The molecular formula is C24H23F5N2O5. The van der Waals surface area contributed by atoms with E-state index in [0.29, 0.717) is 6.07 Å². The number of rotatable bonds is 6. The van der Waals surface area contributed by atoms with Gasteiger partial charge in [-0.15, -0.1) is 0 Å². The molecule has 36 heavy (non-hydrogen) atoms. The third-order valence-corrected chi connectivity index (χ3v) is 6.91. The molecule has 1 aliphatic carbocycles. The highest BCUT2D eigenvalue weighted by Gasteiger charge is 2.64. The Kier molecular flexibility index (Phi) is 5.46. The Hall–Kier alpha value is -2.99. The van der Waals surface area contributed by atoms with Gasteiger partial charge in [-0.2, -0.15) is 13.2 Å². The van der Waals surface area contributed by atoms with Crippen LogP contribution in [0.4, 0.5) is 22.0 Å². The number of nitrogens with zero attached hydrogens (tertiary/aromatic N) is 2. The third kappa shape index (κ3) is 4.26. The molecule has 3 aliphatic rings. The molecule has 0 bridgehead atoms. The van der Waals surface area contributed by atoms with E-state index >= 15 is 0 Å². The molecule has 3 heterocycles. The van der Waals surface area contributed by atoms with Crippen molar-refractivity contribution < 1.29 is 48.4 Å². The molecule has 0 spiro atoms. The number of piperidine rings is 1. The summed E-state index contributed by atoms with van der Waals surface area (Å²) in [6.45, 7) is -3.35. The molecule has 2 saturated heterocycles. The molecule has 1 aromatic heterocycles. The first-order valence-electron chi connectivity index (χ1n) is 12.2. The van der Waals surface area contributed by atoms with Gasteiger partial charge in [0.1, 0.15) is 47.8 Å². The van der Waals surface area contributed by atoms with Crippen LogP contribution < -0.4 is 9.47 Å². The third-order valence-electron chi connectivity index (χ3n) is 6.91. The Labute approximate surface area is 205 Å². The van der Waals surface area contributed by atoms with Crippen molar-refractivity contribution in [3.05, 3.63) is 53.2 Å². The fourth-order valence-electron chi connectivity index (χ4n) is 4.52. The zero-order valence-electron chi connectivity index (χ0n) is 21.0. The van der Waals surface area contributed by atoms with Gasteiger partial charge in [0.15, 0.2) is 5.75 Å². The van der Waals surface area contributed by atoms with Gasteiger partial charge in [-0.25, -0.2) is 13.8 Å². The Balaban J connectivity index is 1.34. The molecular weight excluding hydrogens is 491 g/mol. The highest BCUT2D eigenvalue weighted by atomic mass is 19.4. The van der Waals surface area contributed by atoms with Crippen molar-refractivity contribution in [1.29, 1.82) is 0 Å². The summed E-state index contributed by atoms with van der Waals surface area (Å²) in [6, 6.07) is 5.33. The molecule has 3 fully saturated rings. The molecule has 2 unspecified atom stereocenters. The molecule has 5 rings (SSSR count). The maximum absolute atomic E-state index is 14.0. The molecule has 12 heteroatoms. The van der Waals surface area contributed by atoms with Crippen molar-refractivity contribution in [2.75, 3.05) is 33.6 Å². The number of pyridine rings is 1. The Morgan fingerprint density at radius 2 is 1.94 bits per heavy atom. The van der Waals surface area contributed by atoms with Crippen LogP contribution in [0, 0.1) is 17.0 Å². The zero-order valence-corrected chi connectivity index (χ0v) is 19.0. The van der Waals surface area contributed by atoms with E-state index in [4.69, 9.17) is 21.7 Å². The largest absolute Gasteiger partial charge is 0.487 e. The number of fused-ring (bicyclic) bond motifs is 1. The maximum Gasteiger partial charge on any atom is 0.397 e. The van der Waals surface area contributed by atoms with Crippen molar-refractivity contribution in [3.8, 4) is 11.6 Å². The number of hydrogen-bond donors (Lipinski definition) is 0. The van der Waals surface area contributed by atoms with Crippen molar-refractivity contribution >= 4 is 5.91 Å². The number of halogens is 5. The first kappa shape index (κ1) is 22.2. The highest BCUT2D eigenvalue weighted by Crippen LogP contribution is 2.57. The standard InChI is InChI=1S/C24H23F5N2O5/c1-33-20-18(34-12-22(4-5-22)24(27,28)29)3-2-17(30-20)21(32)31-7-6-23(19(11-31)35-13-36-23)14-8-15(25)10-16(26)9-14/h2-3,8-10,19H,4-7,11-13H2,1H3/i13D2. The predicted octanol–water partition coefficient (Wildman–Crippen LogP) is 4.20. The Bertz CT molecular complexity index is 1240. The summed E-state index contributed by atoms with van der Waals surface area (Å²) in [7, 11) is 1.24. The van der Waals surface area contributed by atoms with Gasteiger partial charge in [-0.05, 0) is 42.7 Å². The van der Waals surface area contributed by atoms with Crippen LogP contribution >= 0.6 is 0 Å². The van der Waals surface area contributed by atoms with Crippen LogP contribution in [-0.2, 0) is 15.1 Å². The summed E-state index contributed by atoms with van der Waals surface area (Å²) in [4.78, 5) is 18.7. The van der Waals surface area contributed by atoms with Gasteiger partial charge in [0, 0.05) is 19.0 Å². The molecule has 1 amide bonds. The minimum Gasteiger partial charge on any atom is -0.487 e. The Morgan fingerprint density at radius 3 is 2.58 bits per heavy atom. The minimum absolute atomic E-state index is 0.00323. The number of benzene rings is 1. The molecule has 0 radical (unpaired) electrons. The van der Waals surface area contributed by atoms with Crippen LogP contribution in [-0.4, -0.2) is 61.6 Å². The summed E-state index contributed by atoms with van der Waals surface area (Å²) >= 11 is 0. The zero-order chi connectivity index (χ0) is 27.5. The molecule has 2 aliphatic heterocycles. The number of ether oxygens (including phenoxy) is 4. The lowest BCUT2D eigenvalue weighted by Gasteiger charge is -2.41. The quantitative estimate of drug-likeness (QED) is 0.536. The van der Waals surface area contributed by atoms with E-state index in [1.165, 1.54) is 24.1 Å². The van der Waals surface area contributed by atoms with Crippen LogP contribution in [0.25, 0.3) is 0 Å². The van der Waals surface area contributed by atoms with Gasteiger partial charge in [0.2, 0.25) is 0 Å². The van der Waals surface area contributed by atoms with E-state index in [1.807, 2.05) is 0 Å². The number of methoxy groups -OCH3 is 1. The lowest BCUT2D eigenvalue weighted by Crippen LogP contribution is -2.53.